The lowest BCUT2D eigenvalue weighted by atomic mass is 10.0. The van der Waals surface area contributed by atoms with E-state index in [0.717, 1.165) is 6.54 Å². The van der Waals surface area contributed by atoms with Gasteiger partial charge in [-0.1, -0.05) is 6.42 Å². The summed E-state index contributed by atoms with van der Waals surface area (Å²) in [5.74, 6) is 0. The molecule has 0 unspecified atom stereocenters. The number of rotatable bonds is 0. The fraction of sp³-hybridized carbons (Fsp3) is 0.889. The Bertz CT molecular complexity index is 154. The molecule has 0 amide bonds. The summed E-state index contributed by atoms with van der Waals surface area (Å²) >= 11 is 0. The van der Waals surface area contributed by atoms with Gasteiger partial charge in [0.25, 0.3) is 0 Å². The molecule has 2 rings (SSSR count). The van der Waals surface area contributed by atoms with Gasteiger partial charge in [-0.3, -0.25) is 9.89 Å². The summed E-state index contributed by atoms with van der Waals surface area (Å²) in [6.07, 6.45) is 7.56. The Balaban J connectivity index is 2.02. The summed E-state index contributed by atoms with van der Waals surface area (Å²) in [4.78, 5) is 6.97. The minimum absolute atomic E-state index is 0.686. The van der Waals surface area contributed by atoms with Gasteiger partial charge in [0.15, 0.2) is 0 Å². The molecule has 1 atom stereocenters. The first-order valence-corrected chi connectivity index (χ1v) is 4.71. The van der Waals surface area contributed by atoms with Crippen molar-refractivity contribution in [1.29, 1.82) is 0 Å². The van der Waals surface area contributed by atoms with Gasteiger partial charge in [-0.15, -0.1) is 0 Å². The van der Waals surface area contributed by atoms with E-state index in [0.29, 0.717) is 6.04 Å². The van der Waals surface area contributed by atoms with Crippen molar-refractivity contribution < 1.29 is 0 Å². The SMILES string of the molecule is C1=NCCCN2CCCC[C@@H]12. The highest BCUT2D eigenvalue weighted by molar-refractivity contribution is 5.64. The molecular weight excluding hydrogens is 136 g/mol. The van der Waals surface area contributed by atoms with Gasteiger partial charge in [0.1, 0.15) is 0 Å². The standard InChI is InChI=1S/C9H16N2/c1-2-6-11-7-3-5-10-8-9(11)4-1/h8-9H,1-7H2/t9-/m0/s1. The summed E-state index contributed by atoms with van der Waals surface area (Å²) < 4.78 is 0. The van der Waals surface area contributed by atoms with E-state index in [-0.39, 0.29) is 0 Å². The maximum Gasteiger partial charge on any atom is 0.0446 e. The molecule has 0 bridgehead atoms. The Morgan fingerprint density at radius 1 is 1.18 bits per heavy atom. The molecule has 0 spiro atoms. The number of nitrogens with zero attached hydrogens (tertiary/aromatic N) is 2. The van der Waals surface area contributed by atoms with Crippen molar-refractivity contribution in [3.63, 3.8) is 0 Å². The Morgan fingerprint density at radius 3 is 3.09 bits per heavy atom. The van der Waals surface area contributed by atoms with Crippen molar-refractivity contribution in [3.05, 3.63) is 0 Å². The van der Waals surface area contributed by atoms with Gasteiger partial charge in [0, 0.05) is 25.3 Å². The highest BCUT2D eigenvalue weighted by Crippen LogP contribution is 2.17. The van der Waals surface area contributed by atoms with Gasteiger partial charge in [-0.25, -0.2) is 0 Å². The van der Waals surface area contributed by atoms with E-state index in [1.54, 1.807) is 0 Å². The highest BCUT2D eigenvalue weighted by Gasteiger charge is 2.20. The van der Waals surface area contributed by atoms with Crippen LogP contribution in [0.15, 0.2) is 4.99 Å². The maximum atomic E-state index is 4.39. The molecule has 2 nitrogen and oxygen atoms in total. The fourth-order valence-corrected chi connectivity index (χ4v) is 2.02. The number of aliphatic imine (C=N–C) groups is 1. The monoisotopic (exact) mass is 152 g/mol. The van der Waals surface area contributed by atoms with Crippen molar-refractivity contribution in [1.82, 2.24) is 4.90 Å². The summed E-state index contributed by atoms with van der Waals surface area (Å²) in [7, 11) is 0. The van der Waals surface area contributed by atoms with E-state index in [4.69, 9.17) is 0 Å². The van der Waals surface area contributed by atoms with E-state index in [2.05, 4.69) is 16.1 Å². The van der Waals surface area contributed by atoms with Crippen LogP contribution >= 0.6 is 0 Å². The van der Waals surface area contributed by atoms with Crippen molar-refractivity contribution in [3.8, 4) is 0 Å². The van der Waals surface area contributed by atoms with Crippen LogP contribution in [0.25, 0.3) is 0 Å². The number of piperidine rings is 1. The van der Waals surface area contributed by atoms with Gasteiger partial charge in [-0.05, 0) is 25.8 Å². The highest BCUT2D eigenvalue weighted by atomic mass is 15.2. The molecule has 2 aliphatic heterocycles. The Labute approximate surface area is 68.3 Å². The molecule has 0 aliphatic carbocycles. The lowest BCUT2D eigenvalue weighted by molar-refractivity contribution is 0.198. The average molecular weight is 152 g/mol. The van der Waals surface area contributed by atoms with Gasteiger partial charge in [0.05, 0.1) is 0 Å². The number of hydrogen-bond acceptors (Lipinski definition) is 2. The lowest BCUT2D eigenvalue weighted by Gasteiger charge is -2.31. The van der Waals surface area contributed by atoms with Crippen LogP contribution in [-0.4, -0.2) is 36.8 Å². The van der Waals surface area contributed by atoms with Crippen LogP contribution in [0.4, 0.5) is 0 Å². The molecule has 2 heterocycles. The zero-order valence-electron chi connectivity index (χ0n) is 7.00. The van der Waals surface area contributed by atoms with E-state index < -0.39 is 0 Å². The van der Waals surface area contributed by atoms with Gasteiger partial charge in [0.2, 0.25) is 0 Å². The quantitative estimate of drug-likeness (QED) is 0.511. The first-order valence-electron chi connectivity index (χ1n) is 4.71. The van der Waals surface area contributed by atoms with Gasteiger partial charge < -0.3 is 0 Å². The second-order valence-electron chi connectivity index (χ2n) is 3.51. The number of hydrogen-bond donors (Lipinski definition) is 0. The first kappa shape index (κ1) is 7.29. The predicted octanol–water partition coefficient (Wildman–Crippen LogP) is 1.32. The zero-order chi connectivity index (χ0) is 7.52. The van der Waals surface area contributed by atoms with Crippen LogP contribution in [0.1, 0.15) is 25.7 Å². The molecule has 0 N–H and O–H groups in total. The zero-order valence-corrected chi connectivity index (χ0v) is 7.00. The second-order valence-corrected chi connectivity index (χ2v) is 3.51. The number of fused-ring (bicyclic) bond motifs is 1. The molecule has 0 aromatic rings. The minimum Gasteiger partial charge on any atom is -0.296 e. The molecule has 0 aromatic carbocycles. The van der Waals surface area contributed by atoms with Crippen LogP contribution in [-0.2, 0) is 0 Å². The Kier molecular flexibility index (Phi) is 2.22. The van der Waals surface area contributed by atoms with E-state index in [1.807, 2.05) is 0 Å². The van der Waals surface area contributed by atoms with Gasteiger partial charge >= 0.3 is 0 Å². The Hall–Kier alpha value is -0.370. The molecule has 1 fully saturated rings. The summed E-state index contributed by atoms with van der Waals surface area (Å²) in [5.41, 5.74) is 0. The normalized spacial score (nSPS) is 32.9. The summed E-state index contributed by atoms with van der Waals surface area (Å²) in [5, 5.41) is 0. The topological polar surface area (TPSA) is 15.6 Å². The van der Waals surface area contributed by atoms with E-state index in [1.165, 1.54) is 38.8 Å². The molecular formula is C9H16N2. The van der Waals surface area contributed by atoms with Crippen molar-refractivity contribution in [2.75, 3.05) is 19.6 Å². The van der Waals surface area contributed by atoms with Crippen LogP contribution in [0.3, 0.4) is 0 Å². The third-order valence-corrected chi connectivity index (χ3v) is 2.67. The third-order valence-electron chi connectivity index (χ3n) is 2.67. The van der Waals surface area contributed by atoms with E-state index >= 15 is 0 Å². The lowest BCUT2D eigenvalue weighted by Crippen LogP contribution is -2.40. The third kappa shape index (κ3) is 1.62. The maximum absolute atomic E-state index is 4.39. The molecule has 1 saturated heterocycles. The molecule has 11 heavy (non-hydrogen) atoms. The fourth-order valence-electron chi connectivity index (χ4n) is 2.02. The smallest absolute Gasteiger partial charge is 0.0446 e. The predicted molar refractivity (Wildman–Crippen MR) is 47.2 cm³/mol. The molecule has 2 aliphatic rings. The van der Waals surface area contributed by atoms with Crippen molar-refractivity contribution in [2.24, 2.45) is 4.99 Å². The van der Waals surface area contributed by atoms with Crippen LogP contribution < -0.4 is 0 Å². The average Bonchev–Trinajstić information content (AvgIpc) is 2.28. The van der Waals surface area contributed by atoms with E-state index in [9.17, 15) is 0 Å². The summed E-state index contributed by atoms with van der Waals surface area (Å²) in [6.45, 7) is 3.62. The molecule has 0 aromatic heterocycles. The Morgan fingerprint density at radius 2 is 2.09 bits per heavy atom. The molecule has 0 radical (unpaired) electrons. The summed E-state index contributed by atoms with van der Waals surface area (Å²) in [6, 6.07) is 0.686. The molecule has 2 heteroatoms. The minimum atomic E-state index is 0.686. The largest absolute Gasteiger partial charge is 0.296 e. The molecule has 0 saturated carbocycles. The molecule has 62 valence electrons. The second kappa shape index (κ2) is 3.35. The van der Waals surface area contributed by atoms with Crippen LogP contribution in [0.5, 0.6) is 0 Å². The van der Waals surface area contributed by atoms with Crippen molar-refractivity contribution >= 4 is 6.21 Å². The van der Waals surface area contributed by atoms with Gasteiger partial charge in [-0.2, -0.15) is 0 Å². The van der Waals surface area contributed by atoms with Crippen LogP contribution in [0.2, 0.25) is 0 Å². The van der Waals surface area contributed by atoms with Crippen molar-refractivity contribution in [2.45, 2.75) is 31.7 Å². The first-order chi connectivity index (χ1) is 5.47. The van der Waals surface area contributed by atoms with Crippen LogP contribution in [0, 0.1) is 0 Å².